The Morgan fingerprint density at radius 1 is 0.902 bits per heavy atom. The van der Waals surface area contributed by atoms with E-state index >= 15 is 0 Å². The summed E-state index contributed by atoms with van der Waals surface area (Å²) in [6.07, 6.45) is 0. The summed E-state index contributed by atoms with van der Waals surface area (Å²) in [5.41, 5.74) is 2.89. The number of sulfonamides is 1. The second kappa shape index (κ2) is 12.3. The Bertz CT molecular complexity index is 1700. The molecule has 1 fully saturated rings. The summed E-state index contributed by atoms with van der Waals surface area (Å²) in [4.78, 5) is 27.3. The molecule has 1 atom stereocenters. The Labute approximate surface area is 256 Å². The lowest BCUT2D eigenvalue weighted by molar-refractivity contribution is -0.128. The van der Waals surface area contributed by atoms with E-state index in [-0.39, 0.29) is 37.8 Å². The van der Waals surface area contributed by atoms with Crippen molar-refractivity contribution in [3.05, 3.63) is 123 Å². The number of rotatable bonds is 8. The molecule has 41 heavy (non-hydrogen) atoms. The molecule has 2 N–H and O–H groups in total. The Balaban J connectivity index is 1.23. The molecule has 0 saturated carbocycles. The molecule has 4 aromatic rings. The van der Waals surface area contributed by atoms with E-state index in [0.29, 0.717) is 28.6 Å². The Kier molecular flexibility index (Phi) is 8.82. The maximum atomic E-state index is 12.9. The molecule has 1 heterocycles. The van der Waals surface area contributed by atoms with Gasteiger partial charge in [-0.25, -0.2) is 8.42 Å². The van der Waals surface area contributed by atoms with Crippen LogP contribution in [0.3, 0.4) is 0 Å². The predicted octanol–water partition coefficient (Wildman–Crippen LogP) is 7.47. The molecule has 1 aliphatic rings. The van der Waals surface area contributed by atoms with Crippen LogP contribution in [0.15, 0.2) is 95.9 Å². The molecule has 0 bridgehead atoms. The van der Waals surface area contributed by atoms with Gasteiger partial charge < -0.3 is 10.2 Å². The largest absolute Gasteiger partial charge is 0.322 e. The van der Waals surface area contributed by atoms with Crippen molar-refractivity contribution in [2.75, 3.05) is 15.8 Å². The summed E-state index contributed by atoms with van der Waals surface area (Å²) in [6.45, 7) is 0.462. The van der Waals surface area contributed by atoms with Crippen LogP contribution in [0.2, 0.25) is 15.1 Å². The maximum Gasteiger partial charge on any atom is 0.261 e. The molecule has 1 aliphatic heterocycles. The van der Waals surface area contributed by atoms with Gasteiger partial charge in [0.2, 0.25) is 5.91 Å². The number of hydrogen-bond donors (Lipinski definition) is 2. The normalized spacial score (nSPS) is 15.1. The Hall–Kier alpha value is -3.21. The standard InChI is InChI=1S/C29H22Cl3N3O4S2/c30-21-10-4-18(5-11-21)16-35-26(36)17-40-29(35)20-8-6-19(7-9-20)28(37)33-22-12-14-23(15-13-22)41(38,39)34-25-3-1-2-24(31)27(25)32/h1-15,29,34H,16-17H2,(H,33,37)/t29-/m1/s1. The molecule has 0 spiro atoms. The van der Waals surface area contributed by atoms with Crippen LogP contribution >= 0.6 is 46.6 Å². The first-order valence-corrected chi connectivity index (χ1v) is 15.9. The maximum absolute atomic E-state index is 12.9. The van der Waals surface area contributed by atoms with E-state index in [1.807, 2.05) is 29.2 Å². The van der Waals surface area contributed by atoms with Crippen molar-refractivity contribution in [3.8, 4) is 0 Å². The molecular formula is C29H22Cl3N3O4S2. The minimum atomic E-state index is -3.94. The van der Waals surface area contributed by atoms with Crippen LogP contribution in [0.25, 0.3) is 0 Å². The third kappa shape index (κ3) is 6.82. The number of thioether (sulfide) groups is 1. The first kappa shape index (κ1) is 29.3. The molecule has 4 aromatic carbocycles. The predicted molar refractivity (Wildman–Crippen MR) is 165 cm³/mol. The number of carbonyl (C=O) groups excluding carboxylic acids is 2. The first-order chi connectivity index (χ1) is 19.6. The molecule has 7 nitrogen and oxygen atoms in total. The van der Waals surface area contributed by atoms with Crippen molar-refractivity contribution in [3.63, 3.8) is 0 Å². The molecule has 1 saturated heterocycles. The number of nitrogens with one attached hydrogen (secondary N) is 2. The Morgan fingerprint density at radius 2 is 1.59 bits per heavy atom. The van der Waals surface area contributed by atoms with E-state index in [9.17, 15) is 18.0 Å². The number of halogens is 3. The van der Waals surface area contributed by atoms with Gasteiger partial charge in [0, 0.05) is 22.8 Å². The Morgan fingerprint density at radius 3 is 2.27 bits per heavy atom. The van der Waals surface area contributed by atoms with E-state index in [1.165, 1.54) is 42.1 Å². The van der Waals surface area contributed by atoms with E-state index in [4.69, 9.17) is 34.8 Å². The summed E-state index contributed by atoms with van der Waals surface area (Å²) in [7, 11) is -3.94. The number of anilines is 2. The third-order valence-corrected chi connectivity index (χ3v) is 10.0. The van der Waals surface area contributed by atoms with Gasteiger partial charge in [-0.15, -0.1) is 11.8 Å². The minimum absolute atomic E-state index is 0.0114. The quantitative estimate of drug-likeness (QED) is 0.207. The fourth-order valence-corrected chi connectivity index (χ4v) is 6.98. The van der Waals surface area contributed by atoms with E-state index in [1.54, 1.807) is 36.4 Å². The van der Waals surface area contributed by atoms with Crippen molar-refractivity contribution in [2.24, 2.45) is 0 Å². The van der Waals surface area contributed by atoms with Crippen LogP contribution in [0, 0.1) is 0 Å². The van der Waals surface area contributed by atoms with Crippen LogP contribution in [0.4, 0.5) is 11.4 Å². The lowest BCUT2D eigenvalue weighted by Crippen LogP contribution is -2.27. The highest BCUT2D eigenvalue weighted by atomic mass is 35.5. The highest BCUT2D eigenvalue weighted by Crippen LogP contribution is 2.39. The highest BCUT2D eigenvalue weighted by molar-refractivity contribution is 8.00. The van der Waals surface area contributed by atoms with Gasteiger partial charge in [-0.3, -0.25) is 14.3 Å². The molecule has 5 rings (SSSR count). The smallest absolute Gasteiger partial charge is 0.261 e. The van der Waals surface area contributed by atoms with E-state index in [2.05, 4.69) is 10.0 Å². The van der Waals surface area contributed by atoms with Crippen LogP contribution < -0.4 is 10.0 Å². The number of carbonyl (C=O) groups is 2. The van der Waals surface area contributed by atoms with Gasteiger partial charge >= 0.3 is 0 Å². The first-order valence-electron chi connectivity index (χ1n) is 12.2. The molecule has 12 heteroatoms. The van der Waals surface area contributed by atoms with Crippen LogP contribution in [-0.2, 0) is 21.4 Å². The molecule has 0 aromatic heterocycles. The lowest BCUT2D eigenvalue weighted by Gasteiger charge is -2.24. The van der Waals surface area contributed by atoms with E-state index in [0.717, 1.165) is 11.1 Å². The van der Waals surface area contributed by atoms with Gasteiger partial charge in [0.25, 0.3) is 15.9 Å². The zero-order valence-corrected chi connectivity index (χ0v) is 25.1. The lowest BCUT2D eigenvalue weighted by atomic mass is 10.1. The molecule has 0 unspecified atom stereocenters. The van der Waals surface area contributed by atoms with Crippen molar-refractivity contribution >= 4 is 79.8 Å². The molecular weight excluding hydrogens is 625 g/mol. The van der Waals surface area contributed by atoms with Crippen molar-refractivity contribution in [1.82, 2.24) is 4.90 Å². The highest BCUT2D eigenvalue weighted by Gasteiger charge is 2.32. The zero-order valence-electron chi connectivity index (χ0n) is 21.2. The van der Waals surface area contributed by atoms with Crippen LogP contribution in [0.5, 0.6) is 0 Å². The number of amides is 2. The SMILES string of the molecule is O=C(Nc1ccc(S(=O)(=O)Nc2cccc(Cl)c2Cl)cc1)c1ccc([C@H]2SCC(=O)N2Cc2ccc(Cl)cc2)cc1. The van der Waals surface area contributed by atoms with Gasteiger partial charge in [-0.05, 0) is 71.8 Å². The van der Waals surface area contributed by atoms with Crippen LogP contribution in [-0.4, -0.2) is 30.9 Å². The molecule has 0 radical (unpaired) electrons. The van der Waals surface area contributed by atoms with Crippen molar-refractivity contribution in [2.45, 2.75) is 16.8 Å². The number of nitrogens with zero attached hydrogens (tertiary/aromatic N) is 1. The minimum Gasteiger partial charge on any atom is -0.322 e. The van der Waals surface area contributed by atoms with Gasteiger partial charge in [-0.1, -0.05) is 65.1 Å². The average Bonchev–Trinajstić information content (AvgIpc) is 3.32. The number of benzene rings is 4. The zero-order chi connectivity index (χ0) is 29.1. The fourth-order valence-electron chi connectivity index (χ4n) is 4.19. The van der Waals surface area contributed by atoms with Crippen molar-refractivity contribution < 1.29 is 18.0 Å². The third-order valence-electron chi connectivity index (χ3n) is 6.31. The number of hydrogen-bond acceptors (Lipinski definition) is 5. The van der Waals surface area contributed by atoms with Crippen LogP contribution in [0.1, 0.15) is 26.9 Å². The van der Waals surface area contributed by atoms with Gasteiger partial charge in [0.05, 0.1) is 26.4 Å². The second-order valence-corrected chi connectivity index (χ2v) is 13.1. The topological polar surface area (TPSA) is 95.6 Å². The van der Waals surface area contributed by atoms with Gasteiger partial charge in [-0.2, -0.15) is 0 Å². The molecule has 2 amide bonds. The van der Waals surface area contributed by atoms with Crippen molar-refractivity contribution in [1.29, 1.82) is 0 Å². The fraction of sp³-hybridized carbons (Fsp3) is 0.103. The van der Waals surface area contributed by atoms with E-state index < -0.39 is 10.0 Å². The van der Waals surface area contributed by atoms with Gasteiger partial charge in [0.15, 0.2) is 0 Å². The summed E-state index contributed by atoms with van der Waals surface area (Å²) < 4.78 is 28.0. The molecule has 0 aliphatic carbocycles. The summed E-state index contributed by atoms with van der Waals surface area (Å²) in [6, 6.07) is 24.9. The monoisotopic (exact) mass is 645 g/mol. The summed E-state index contributed by atoms with van der Waals surface area (Å²) in [5.74, 6) is 0.0747. The average molecular weight is 647 g/mol. The summed E-state index contributed by atoms with van der Waals surface area (Å²) >= 11 is 19.6. The molecule has 210 valence electrons. The summed E-state index contributed by atoms with van der Waals surface area (Å²) in [5, 5.41) is 3.57. The second-order valence-electron chi connectivity index (χ2n) is 9.12. The van der Waals surface area contributed by atoms with Gasteiger partial charge in [0.1, 0.15) is 5.37 Å².